The molecule has 0 aromatic heterocycles. The number of benzene rings is 1. The van der Waals surface area contributed by atoms with Crippen molar-refractivity contribution < 1.29 is 10.0 Å². The van der Waals surface area contributed by atoms with Gasteiger partial charge in [-0.15, -0.1) is 4.91 Å². The Labute approximate surface area is 75.1 Å². The molecule has 3 N–H and O–H groups in total. The molecule has 0 radical (unpaired) electrons. The van der Waals surface area contributed by atoms with Crippen LogP contribution in [-0.4, -0.2) is 11.1 Å². The first kappa shape index (κ1) is 11.1. The molecule has 13 heavy (non-hydrogen) atoms. The maximum absolute atomic E-state index is 10.5. The topological polar surface area (TPSA) is 92.8 Å². The molecule has 0 unspecified atom stereocenters. The molecular formula is C8H10N2O3. The Morgan fingerprint density at radius 3 is 2.08 bits per heavy atom. The Bertz CT molecular complexity index is 282. The molecule has 70 valence electrons. The predicted octanol–water partition coefficient (Wildman–Crippen LogP) is 1.24. The van der Waals surface area contributed by atoms with Crippen molar-refractivity contribution in [1.29, 1.82) is 0 Å². The van der Waals surface area contributed by atoms with Crippen LogP contribution in [0.5, 0.6) is 0 Å². The van der Waals surface area contributed by atoms with Crippen LogP contribution < -0.4 is 5.73 Å². The average Bonchev–Trinajstić information content (AvgIpc) is 2.06. The Balaban J connectivity index is 0.000000424. The van der Waals surface area contributed by atoms with E-state index in [1.54, 1.807) is 12.1 Å². The SMILES string of the molecule is Cc1ccc(C(N)=O)cc1.O=NO. The lowest BCUT2D eigenvalue weighted by molar-refractivity contribution is 0.100. The lowest BCUT2D eigenvalue weighted by atomic mass is 10.1. The van der Waals surface area contributed by atoms with E-state index in [1.165, 1.54) is 5.34 Å². The lowest BCUT2D eigenvalue weighted by Gasteiger charge is -1.93. The van der Waals surface area contributed by atoms with E-state index in [1.807, 2.05) is 19.1 Å². The summed E-state index contributed by atoms with van der Waals surface area (Å²) < 4.78 is 0. The van der Waals surface area contributed by atoms with Crippen LogP contribution in [0, 0.1) is 11.8 Å². The van der Waals surface area contributed by atoms with Gasteiger partial charge in [-0.3, -0.25) is 4.79 Å². The zero-order valence-electron chi connectivity index (χ0n) is 7.10. The minimum atomic E-state index is -0.375. The van der Waals surface area contributed by atoms with Gasteiger partial charge < -0.3 is 10.9 Å². The fraction of sp³-hybridized carbons (Fsp3) is 0.125. The molecule has 0 bridgehead atoms. The number of carbonyl (C=O) groups is 1. The zero-order chi connectivity index (χ0) is 10.3. The molecule has 0 atom stereocenters. The third-order valence-electron chi connectivity index (χ3n) is 1.34. The molecule has 1 aromatic carbocycles. The molecule has 0 saturated carbocycles. The maximum atomic E-state index is 10.5. The summed E-state index contributed by atoms with van der Waals surface area (Å²) in [6.45, 7) is 1.96. The van der Waals surface area contributed by atoms with Crippen LogP contribution in [0.1, 0.15) is 15.9 Å². The van der Waals surface area contributed by atoms with Crippen molar-refractivity contribution in [2.45, 2.75) is 6.92 Å². The van der Waals surface area contributed by atoms with Gasteiger partial charge in [0.1, 0.15) is 0 Å². The molecule has 5 nitrogen and oxygen atoms in total. The number of hydrogen-bond acceptors (Lipinski definition) is 3. The molecule has 1 amide bonds. The minimum Gasteiger partial charge on any atom is -0.379 e. The van der Waals surface area contributed by atoms with Crippen LogP contribution in [0.15, 0.2) is 29.6 Å². The largest absolute Gasteiger partial charge is 0.379 e. The number of nitrogens with zero attached hydrogens (tertiary/aromatic N) is 1. The summed E-state index contributed by atoms with van der Waals surface area (Å²) in [7, 11) is 0. The van der Waals surface area contributed by atoms with Crippen molar-refractivity contribution in [3.05, 3.63) is 40.3 Å². The first-order chi connectivity index (χ1) is 6.11. The van der Waals surface area contributed by atoms with Gasteiger partial charge in [-0.2, -0.15) is 0 Å². The fourth-order valence-corrected chi connectivity index (χ4v) is 0.718. The van der Waals surface area contributed by atoms with E-state index >= 15 is 0 Å². The van der Waals surface area contributed by atoms with Gasteiger partial charge in [0.15, 0.2) is 5.34 Å². The van der Waals surface area contributed by atoms with Crippen LogP contribution in [0.2, 0.25) is 0 Å². The third kappa shape index (κ3) is 4.52. The highest BCUT2D eigenvalue weighted by Crippen LogP contribution is 2.00. The predicted molar refractivity (Wildman–Crippen MR) is 47.3 cm³/mol. The van der Waals surface area contributed by atoms with Crippen molar-refractivity contribution in [1.82, 2.24) is 0 Å². The Morgan fingerprint density at radius 2 is 1.77 bits per heavy atom. The quantitative estimate of drug-likeness (QED) is 0.505. The number of primary amides is 1. The number of aryl methyl sites for hydroxylation is 1. The highest BCUT2D eigenvalue weighted by Gasteiger charge is 1.95. The van der Waals surface area contributed by atoms with E-state index in [9.17, 15) is 4.79 Å². The standard InChI is InChI=1S/C8H9NO.HNO2/c1-6-2-4-7(5-3-6)8(9)10;2-1-3/h2-5H,1H3,(H2,9,10);(H,2,3). The number of carbonyl (C=O) groups excluding carboxylic acids is 1. The molecule has 0 spiro atoms. The maximum Gasteiger partial charge on any atom is 0.248 e. The van der Waals surface area contributed by atoms with E-state index < -0.39 is 0 Å². The molecule has 1 aromatic rings. The summed E-state index contributed by atoms with van der Waals surface area (Å²) in [5.74, 6) is -0.375. The van der Waals surface area contributed by atoms with Gasteiger partial charge in [0.25, 0.3) is 0 Å². The van der Waals surface area contributed by atoms with Crippen molar-refractivity contribution in [2.75, 3.05) is 0 Å². The van der Waals surface area contributed by atoms with Crippen LogP contribution in [0.3, 0.4) is 0 Å². The second kappa shape index (κ2) is 5.70. The van der Waals surface area contributed by atoms with E-state index in [-0.39, 0.29) is 5.91 Å². The highest BCUT2D eigenvalue weighted by atomic mass is 16.6. The molecular weight excluding hydrogens is 172 g/mol. The Morgan fingerprint density at radius 1 is 1.38 bits per heavy atom. The summed E-state index contributed by atoms with van der Waals surface area (Å²) in [5.41, 5.74) is 6.72. The summed E-state index contributed by atoms with van der Waals surface area (Å²) in [6.07, 6.45) is 0. The van der Waals surface area contributed by atoms with Crippen molar-refractivity contribution in [3.63, 3.8) is 0 Å². The second-order valence-corrected chi connectivity index (χ2v) is 2.31. The van der Waals surface area contributed by atoms with Gasteiger partial charge in [-0.25, -0.2) is 0 Å². The van der Waals surface area contributed by atoms with E-state index in [4.69, 9.17) is 15.8 Å². The van der Waals surface area contributed by atoms with Gasteiger partial charge in [-0.05, 0) is 19.1 Å². The van der Waals surface area contributed by atoms with E-state index in [0.717, 1.165) is 5.56 Å². The number of amides is 1. The molecule has 0 aliphatic rings. The first-order valence-corrected chi connectivity index (χ1v) is 3.45. The average molecular weight is 182 g/mol. The Kier molecular flexibility index (Phi) is 4.87. The smallest absolute Gasteiger partial charge is 0.248 e. The molecule has 0 aliphatic carbocycles. The molecule has 0 aliphatic heterocycles. The van der Waals surface area contributed by atoms with E-state index in [0.29, 0.717) is 5.56 Å². The number of nitrogens with two attached hydrogens (primary N) is 1. The highest BCUT2D eigenvalue weighted by molar-refractivity contribution is 5.92. The monoisotopic (exact) mass is 182 g/mol. The van der Waals surface area contributed by atoms with Gasteiger partial charge in [0.2, 0.25) is 5.91 Å². The van der Waals surface area contributed by atoms with Gasteiger partial charge in [0.05, 0.1) is 0 Å². The molecule has 1 rings (SSSR count). The minimum absolute atomic E-state index is 0.375. The first-order valence-electron chi connectivity index (χ1n) is 3.45. The van der Waals surface area contributed by atoms with Crippen molar-refractivity contribution in [2.24, 2.45) is 11.1 Å². The van der Waals surface area contributed by atoms with Gasteiger partial charge >= 0.3 is 0 Å². The number of hydrogen-bond donors (Lipinski definition) is 2. The fourth-order valence-electron chi connectivity index (χ4n) is 0.718. The van der Waals surface area contributed by atoms with Crippen LogP contribution in [0.25, 0.3) is 0 Å². The summed E-state index contributed by atoms with van der Waals surface area (Å²) in [5, 5.41) is 7.89. The van der Waals surface area contributed by atoms with Crippen LogP contribution >= 0.6 is 0 Å². The van der Waals surface area contributed by atoms with E-state index in [2.05, 4.69) is 0 Å². The Hall–Kier alpha value is -1.91. The third-order valence-corrected chi connectivity index (χ3v) is 1.34. The second-order valence-electron chi connectivity index (χ2n) is 2.31. The molecule has 0 saturated heterocycles. The molecule has 0 fully saturated rings. The zero-order valence-corrected chi connectivity index (χ0v) is 7.10. The summed E-state index contributed by atoms with van der Waals surface area (Å²) in [4.78, 5) is 18.6. The lowest BCUT2D eigenvalue weighted by Crippen LogP contribution is -2.10. The van der Waals surface area contributed by atoms with Gasteiger partial charge in [0, 0.05) is 5.56 Å². The van der Waals surface area contributed by atoms with Crippen LogP contribution in [0.4, 0.5) is 0 Å². The van der Waals surface area contributed by atoms with Crippen molar-refractivity contribution in [3.8, 4) is 0 Å². The van der Waals surface area contributed by atoms with Gasteiger partial charge in [-0.1, -0.05) is 17.7 Å². The molecule has 0 heterocycles. The number of rotatable bonds is 1. The summed E-state index contributed by atoms with van der Waals surface area (Å²) in [6, 6.07) is 7.16. The molecule has 5 heteroatoms. The van der Waals surface area contributed by atoms with Crippen molar-refractivity contribution >= 4 is 5.91 Å². The summed E-state index contributed by atoms with van der Waals surface area (Å²) >= 11 is 0. The van der Waals surface area contributed by atoms with Crippen LogP contribution in [-0.2, 0) is 0 Å². The normalized spacial score (nSPS) is 8.08.